The lowest BCUT2D eigenvalue weighted by atomic mass is 10.3. The summed E-state index contributed by atoms with van der Waals surface area (Å²) in [6.07, 6.45) is 1.36. The van der Waals surface area contributed by atoms with Gasteiger partial charge in [0.1, 0.15) is 12.0 Å². The Kier molecular flexibility index (Phi) is 4.86. The number of esters is 1. The molecule has 16 heavy (non-hydrogen) atoms. The number of hydrogen-bond donors (Lipinski definition) is 0. The summed E-state index contributed by atoms with van der Waals surface area (Å²) < 4.78 is 10.1. The van der Waals surface area contributed by atoms with Crippen LogP contribution in [0.3, 0.4) is 0 Å². The summed E-state index contributed by atoms with van der Waals surface area (Å²) in [7, 11) is 0. The average Bonchev–Trinajstić information content (AvgIpc) is 2.28. The van der Waals surface area contributed by atoms with Gasteiger partial charge in [-0.3, -0.25) is 0 Å². The first-order valence-electron chi connectivity index (χ1n) is 4.89. The second-order valence-corrected chi connectivity index (χ2v) is 3.53. The van der Waals surface area contributed by atoms with Crippen LogP contribution in [-0.2, 0) is 9.53 Å². The molecule has 86 valence electrons. The summed E-state index contributed by atoms with van der Waals surface area (Å²) in [6, 6.07) is 6.86. The Morgan fingerprint density at radius 3 is 2.56 bits per heavy atom. The SMILES string of the molecule is CCOC(=O)C(C)=COc1ccc(Cl)cc1. The Hall–Kier alpha value is -1.48. The van der Waals surface area contributed by atoms with Crippen LogP contribution in [0.1, 0.15) is 13.8 Å². The number of halogens is 1. The van der Waals surface area contributed by atoms with Crippen molar-refractivity contribution in [3.05, 3.63) is 41.1 Å². The van der Waals surface area contributed by atoms with E-state index in [4.69, 9.17) is 21.1 Å². The van der Waals surface area contributed by atoms with Crippen molar-refractivity contribution in [2.24, 2.45) is 0 Å². The van der Waals surface area contributed by atoms with E-state index in [-0.39, 0.29) is 5.97 Å². The van der Waals surface area contributed by atoms with Gasteiger partial charge >= 0.3 is 5.97 Å². The molecule has 4 heteroatoms. The van der Waals surface area contributed by atoms with Crippen LogP contribution in [0.5, 0.6) is 5.75 Å². The van der Waals surface area contributed by atoms with E-state index >= 15 is 0 Å². The van der Waals surface area contributed by atoms with Crippen LogP contribution in [0.25, 0.3) is 0 Å². The fraction of sp³-hybridized carbons (Fsp3) is 0.250. The number of ether oxygens (including phenoxy) is 2. The monoisotopic (exact) mass is 240 g/mol. The second kappa shape index (κ2) is 6.18. The maximum Gasteiger partial charge on any atom is 0.336 e. The fourth-order valence-corrected chi connectivity index (χ4v) is 1.09. The van der Waals surface area contributed by atoms with Gasteiger partial charge < -0.3 is 9.47 Å². The fourth-order valence-electron chi connectivity index (χ4n) is 0.963. The van der Waals surface area contributed by atoms with Crippen LogP contribution >= 0.6 is 11.6 Å². The van der Waals surface area contributed by atoms with E-state index in [9.17, 15) is 4.79 Å². The molecule has 0 unspecified atom stereocenters. The third-order valence-corrected chi connectivity index (χ3v) is 2.03. The van der Waals surface area contributed by atoms with Crippen molar-refractivity contribution in [3.63, 3.8) is 0 Å². The van der Waals surface area contributed by atoms with Gasteiger partial charge in [-0.25, -0.2) is 4.79 Å². The van der Waals surface area contributed by atoms with Crippen molar-refractivity contribution in [2.45, 2.75) is 13.8 Å². The molecule has 0 aromatic heterocycles. The smallest absolute Gasteiger partial charge is 0.336 e. The third kappa shape index (κ3) is 3.95. The molecule has 3 nitrogen and oxygen atoms in total. The highest BCUT2D eigenvalue weighted by molar-refractivity contribution is 6.30. The largest absolute Gasteiger partial charge is 0.464 e. The molecule has 0 heterocycles. The molecule has 0 aliphatic heterocycles. The number of rotatable bonds is 4. The van der Waals surface area contributed by atoms with E-state index < -0.39 is 0 Å². The molecular formula is C12H13ClO3. The van der Waals surface area contributed by atoms with E-state index in [0.29, 0.717) is 23.0 Å². The Labute approximate surface area is 99.6 Å². The topological polar surface area (TPSA) is 35.5 Å². The van der Waals surface area contributed by atoms with Gasteiger partial charge in [0, 0.05) is 5.02 Å². The maximum absolute atomic E-state index is 11.2. The summed E-state index contributed by atoms with van der Waals surface area (Å²) in [6.45, 7) is 3.74. The van der Waals surface area contributed by atoms with Crippen LogP contribution in [-0.4, -0.2) is 12.6 Å². The molecular weight excluding hydrogens is 228 g/mol. The second-order valence-electron chi connectivity index (χ2n) is 3.09. The van der Waals surface area contributed by atoms with Crippen molar-refractivity contribution in [1.29, 1.82) is 0 Å². The van der Waals surface area contributed by atoms with Crippen LogP contribution < -0.4 is 4.74 Å². The standard InChI is InChI=1S/C12H13ClO3/c1-3-15-12(14)9(2)8-16-11-6-4-10(13)5-7-11/h4-8H,3H2,1-2H3. The van der Waals surface area contributed by atoms with Crippen LogP contribution in [0.15, 0.2) is 36.1 Å². The molecule has 1 aromatic carbocycles. The predicted octanol–water partition coefficient (Wildman–Crippen LogP) is 3.19. The first kappa shape index (κ1) is 12.6. The highest BCUT2D eigenvalue weighted by Gasteiger charge is 2.04. The van der Waals surface area contributed by atoms with Gasteiger partial charge in [-0.1, -0.05) is 11.6 Å². The highest BCUT2D eigenvalue weighted by Crippen LogP contribution is 2.16. The van der Waals surface area contributed by atoms with Crippen LogP contribution in [0, 0.1) is 0 Å². The molecule has 0 atom stereocenters. The summed E-state index contributed by atoms with van der Waals surface area (Å²) in [5, 5.41) is 0.637. The zero-order valence-electron chi connectivity index (χ0n) is 9.20. The summed E-state index contributed by atoms with van der Waals surface area (Å²) in [5.74, 6) is 0.240. The van der Waals surface area contributed by atoms with E-state index in [1.54, 1.807) is 38.1 Å². The molecule has 1 aromatic rings. The molecule has 0 fully saturated rings. The van der Waals surface area contributed by atoms with Crippen LogP contribution in [0.2, 0.25) is 5.02 Å². The third-order valence-electron chi connectivity index (χ3n) is 1.78. The summed E-state index contributed by atoms with van der Waals surface area (Å²) >= 11 is 5.72. The minimum atomic E-state index is -0.378. The molecule has 0 amide bonds. The molecule has 0 aliphatic carbocycles. The van der Waals surface area contributed by atoms with Crippen molar-refractivity contribution in [3.8, 4) is 5.75 Å². The van der Waals surface area contributed by atoms with Gasteiger partial charge in [0.15, 0.2) is 0 Å². The van der Waals surface area contributed by atoms with Crippen molar-refractivity contribution < 1.29 is 14.3 Å². The zero-order chi connectivity index (χ0) is 12.0. The Morgan fingerprint density at radius 1 is 1.38 bits per heavy atom. The van der Waals surface area contributed by atoms with Crippen molar-refractivity contribution in [1.82, 2.24) is 0 Å². The molecule has 0 bridgehead atoms. The molecule has 0 radical (unpaired) electrons. The van der Waals surface area contributed by atoms with E-state index in [1.807, 2.05) is 0 Å². The van der Waals surface area contributed by atoms with Gasteiger partial charge in [0.2, 0.25) is 0 Å². The number of carbonyl (C=O) groups excluding carboxylic acids is 1. The molecule has 0 saturated carbocycles. The minimum absolute atomic E-state index is 0.352. The number of hydrogen-bond acceptors (Lipinski definition) is 3. The first-order chi connectivity index (χ1) is 7.63. The zero-order valence-corrected chi connectivity index (χ0v) is 9.95. The lowest BCUT2D eigenvalue weighted by Crippen LogP contribution is -2.05. The quantitative estimate of drug-likeness (QED) is 0.461. The highest BCUT2D eigenvalue weighted by atomic mass is 35.5. The average molecular weight is 241 g/mol. The van der Waals surface area contributed by atoms with E-state index in [2.05, 4.69) is 0 Å². The van der Waals surface area contributed by atoms with Crippen LogP contribution in [0.4, 0.5) is 0 Å². The lowest BCUT2D eigenvalue weighted by molar-refractivity contribution is -0.138. The van der Waals surface area contributed by atoms with Crippen molar-refractivity contribution in [2.75, 3.05) is 6.61 Å². The Balaban J connectivity index is 2.58. The Bertz CT molecular complexity index is 382. The number of benzene rings is 1. The van der Waals surface area contributed by atoms with E-state index in [0.717, 1.165) is 0 Å². The van der Waals surface area contributed by atoms with Crippen molar-refractivity contribution >= 4 is 17.6 Å². The predicted molar refractivity (Wildman–Crippen MR) is 62.5 cm³/mol. The van der Waals surface area contributed by atoms with Gasteiger partial charge in [-0.15, -0.1) is 0 Å². The molecule has 1 rings (SSSR count). The maximum atomic E-state index is 11.2. The molecule has 0 spiro atoms. The summed E-state index contributed by atoms with van der Waals surface area (Å²) in [4.78, 5) is 11.2. The number of carbonyl (C=O) groups is 1. The van der Waals surface area contributed by atoms with Gasteiger partial charge in [-0.2, -0.15) is 0 Å². The first-order valence-corrected chi connectivity index (χ1v) is 5.27. The van der Waals surface area contributed by atoms with E-state index in [1.165, 1.54) is 6.26 Å². The van der Waals surface area contributed by atoms with Gasteiger partial charge in [0.05, 0.1) is 12.2 Å². The minimum Gasteiger partial charge on any atom is -0.464 e. The molecule has 0 saturated heterocycles. The Morgan fingerprint density at radius 2 is 2.00 bits per heavy atom. The van der Waals surface area contributed by atoms with Gasteiger partial charge in [0.25, 0.3) is 0 Å². The lowest BCUT2D eigenvalue weighted by Gasteiger charge is -2.03. The van der Waals surface area contributed by atoms with Gasteiger partial charge in [-0.05, 0) is 38.1 Å². The molecule has 0 N–H and O–H groups in total. The summed E-state index contributed by atoms with van der Waals surface area (Å²) in [5.41, 5.74) is 0.414. The molecule has 0 aliphatic rings. The normalized spacial score (nSPS) is 11.1.